The molecule has 0 heterocycles. The number of halogens is 3. The lowest BCUT2D eigenvalue weighted by atomic mass is 9.99. The molecule has 1 unspecified atom stereocenters. The first-order valence-electron chi connectivity index (χ1n) is 8.73. The molecular formula is C22H24ClF2N. The Kier molecular flexibility index (Phi) is 7.55. The van der Waals surface area contributed by atoms with Crippen LogP contribution >= 0.6 is 12.4 Å². The van der Waals surface area contributed by atoms with E-state index in [1.54, 1.807) is 12.1 Å². The summed E-state index contributed by atoms with van der Waals surface area (Å²) in [6, 6.07) is 21.7. The molecule has 0 aliphatic rings. The van der Waals surface area contributed by atoms with Gasteiger partial charge in [0.25, 0.3) is 6.43 Å². The molecule has 0 amide bonds. The molecule has 3 rings (SSSR count). The summed E-state index contributed by atoms with van der Waals surface area (Å²) < 4.78 is 25.5. The lowest BCUT2D eigenvalue weighted by Crippen LogP contribution is -2.20. The minimum Gasteiger partial charge on any atom is -0.310 e. The van der Waals surface area contributed by atoms with E-state index < -0.39 is 6.43 Å². The fourth-order valence-electron chi connectivity index (χ4n) is 3.23. The van der Waals surface area contributed by atoms with E-state index in [2.05, 4.69) is 54.7 Å². The number of hydrogen-bond donors (Lipinski definition) is 1. The van der Waals surface area contributed by atoms with Crippen LogP contribution < -0.4 is 5.32 Å². The summed E-state index contributed by atoms with van der Waals surface area (Å²) in [5.74, 6) is 0. The van der Waals surface area contributed by atoms with E-state index in [1.165, 1.54) is 22.4 Å². The molecule has 1 N–H and O–H groups in total. The molecule has 3 aromatic rings. The van der Waals surface area contributed by atoms with E-state index in [1.807, 2.05) is 6.07 Å². The average Bonchev–Trinajstić information content (AvgIpc) is 2.65. The van der Waals surface area contributed by atoms with Crippen molar-refractivity contribution in [3.8, 4) is 0 Å². The second-order valence-corrected chi connectivity index (χ2v) is 6.39. The summed E-state index contributed by atoms with van der Waals surface area (Å²) in [5.41, 5.74) is 2.37. The number of rotatable bonds is 7. The van der Waals surface area contributed by atoms with Crippen molar-refractivity contribution in [3.05, 3.63) is 83.4 Å². The summed E-state index contributed by atoms with van der Waals surface area (Å²) in [5, 5.41) is 6.07. The molecule has 0 fully saturated rings. The maximum Gasteiger partial charge on any atom is 0.263 e. The van der Waals surface area contributed by atoms with Crippen LogP contribution in [0.4, 0.5) is 8.78 Å². The zero-order valence-corrected chi connectivity index (χ0v) is 15.6. The van der Waals surface area contributed by atoms with Gasteiger partial charge in [-0.3, -0.25) is 0 Å². The van der Waals surface area contributed by atoms with Crippen molar-refractivity contribution in [3.63, 3.8) is 0 Å². The SMILES string of the molecule is CC(NCCCc1cccc(C(F)F)c1)c1cccc2ccccc12.Cl. The van der Waals surface area contributed by atoms with Crippen LogP contribution in [0.5, 0.6) is 0 Å². The van der Waals surface area contributed by atoms with Gasteiger partial charge in [-0.25, -0.2) is 8.78 Å². The van der Waals surface area contributed by atoms with Crippen molar-refractivity contribution in [2.45, 2.75) is 32.2 Å². The van der Waals surface area contributed by atoms with Crippen molar-refractivity contribution in [2.75, 3.05) is 6.54 Å². The highest BCUT2D eigenvalue weighted by molar-refractivity contribution is 5.86. The van der Waals surface area contributed by atoms with Crippen LogP contribution in [0.15, 0.2) is 66.7 Å². The highest BCUT2D eigenvalue weighted by atomic mass is 35.5. The highest BCUT2D eigenvalue weighted by Gasteiger charge is 2.09. The number of fused-ring (bicyclic) bond motifs is 1. The van der Waals surface area contributed by atoms with Gasteiger partial charge < -0.3 is 5.32 Å². The molecule has 4 heteroatoms. The molecule has 0 spiro atoms. The molecular weight excluding hydrogens is 352 g/mol. The maximum absolute atomic E-state index is 12.7. The van der Waals surface area contributed by atoms with E-state index in [0.29, 0.717) is 0 Å². The quantitative estimate of drug-likeness (QED) is 0.466. The minimum atomic E-state index is -2.40. The molecule has 0 bridgehead atoms. The Morgan fingerprint density at radius 2 is 1.65 bits per heavy atom. The molecule has 26 heavy (non-hydrogen) atoms. The molecule has 0 aliphatic carbocycles. The Morgan fingerprint density at radius 1 is 0.923 bits per heavy atom. The van der Waals surface area contributed by atoms with E-state index >= 15 is 0 Å². The van der Waals surface area contributed by atoms with Crippen molar-refractivity contribution in [1.29, 1.82) is 0 Å². The van der Waals surface area contributed by atoms with Crippen LogP contribution in [0.1, 0.15) is 42.5 Å². The lowest BCUT2D eigenvalue weighted by molar-refractivity contribution is 0.151. The normalized spacial score (nSPS) is 12.2. The Morgan fingerprint density at radius 3 is 2.46 bits per heavy atom. The van der Waals surface area contributed by atoms with Crippen LogP contribution in [-0.4, -0.2) is 6.54 Å². The second kappa shape index (κ2) is 9.65. The average molecular weight is 376 g/mol. The van der Waals surface area contributed by atoms with Crippen LogP contribution in [0.25, 0.3) is 10.8 Å². The minimum absolute atomic E-state index is 0. The van der Waals surface area contributed by atoms with Crippen molar-refractivity contribution < 1.29 is 8.78 Å². The zero-order chi connectivity index (χ0) is 17.6. The summed E-state index contributed by atoms with van der Waals surface area (Å²) in [7, 11) is 0. The Balaban J connectivity index is 0.00000243. The van der Waals surface area contributed by atoms with Crippen molar-refractivity contribution >= 4 is 23.2 Å². The van der Waals surface area contributed by atoms with Crippen LogP contribution in [-0.2, 0) is 6.42 Å². The van der Waals surface area contributed by atoms with Gasteiger partial charge in [0.05, 0.1) is 0 Å². The van der Waals surface area contributed by atoms with Gasteiger partial charge in [-0.2, -0.15) is 0 Å². The van der Waals surface area contributed by atoms with Gasteiger partial charge in [0.2, 0.25) is 0 Å². The number of alkyl halides is 2. The van der Waals surface area contributed by atoms with Crippen molar-refractivity contribution in [2.24, 2.45) is 0 Å². The van der Waals surface area contributed by atoms with E-state index in [0.717, 1.165) is 24.9 Å². The first-order chi connectivity index (χ1) is 12.1. The first-order valence-corrected chi connectivity index (χ1v) is 8.73. The molecule has 0 saturated heterocycles. The van der Waals surface area contributed by atoms with Gasteiger partial charge in [0.1, 0.15) is 0 Å². The smallest absolute Gasteiger partial charge is 0.263 e. The molecule has 0 radical (unpaired) electrons. The molecule has 138 valence electrons. The van der Waals surface area contributed by atoms with Gasteiger partial charge in [-0.1, -0.05) is 66.7 Å². The largest absolute Gasteiger partial charge is 0.310 e. The Bertz CT molecular complexity index is 830. The number of nitrogens with one attached hydrogen (secondary N) is 1. The molecule has 1 atom stereocenters. The first kappa shape index (κ1) is 20.3. The van der Waals surface area contributed by atoms with Gasteiger partial charge in [0, 0.05) is 11.6 Å². The highest BCUT2D eigenvalue weighted by Crippen LogP contribution is 2.24. The van der Waals surface area contributed by atoms with Gasteiger partial charge in [-0.05, 0) is 48.2 Å². The second-order valence-electron chi connectivity index (χ2n) is 6.39. The molecule has 0 aliphatic heterocycles. The van der Waals surface area contributed by atoms with Gasteiger partial charge in [-0.15, -0.1) is 12.4 Å². The number of hydrogen-bond acceptors (Lipinski definition) is 1. The molecule has 0 saturated carbocycles. The van der Waals surface area contributed by atoms with Crippen molar-refractivity contribution in [1.82, 2.24) is 5.32 Å². The number of aryl methyl sites for hydroxylation is 1. The van der Waals surface area contributed by atoms with Crippen LogP contribution in [0.2, 0.25) is 0 Å². The molecule has 1 nitrogen and oxygen atoms in total. The monoisotopic (exact) mass is 375 g/mol. The third-order valence-corrected chi connectivity index (χ3v) is 4.59. The summed E-state index contributed by atoms with van der Waals surface area (Å²) >= 11 is 0. The summed E-state index contributed by atoms with van der Waals surface area (Å²) in [4.78, 5) is 0. The fourth-order valence-corrected chi connectivity index (χ4v) is 3.23. The number of benzene rings is 3. The predicted molar refractivity (Wildman–Crippen MR) is 107 cm³/mol. The van der Waals surface area contributed by atoms with Gasteiger partial charge >= 0.3 is 0 Å². The zero-order valence-electron chi connectivity index (χ0n) is 14.8. The topological polar surface area (TPSA) is 12.0 Å². The molecule has 3 aromatic carbocycles. The summed E-state index contributed by atoms with van der Waals surface area (Å²) in [6.45, 7) is 3.02. The van der Waals surface area contributed by atoms with Gasteiger partial charge in [0.15, 0.2) is 0 Å². The third-order valence-electron chi connectivity index (χ3n) is 4.59. The van der Waals surface area contributed by atoms with Crippen LogP contribution in [0.3, 0.4) is 0 Å². The van der Waals surface area contributed by atoms with E-state index in [4.69, 9.17) is 0 Å². The maximum atomic E-state index is 12.7. The fraction of sp³-hybridized carbons (Fsp3) is 0.273. The third kappa shape index (κ3) is 5.03. The summed E-state index contributed by atoms with van der Waals surface area (Å²) in [6.07, 6.45) is -0.679. The van der Waals surface area contributed by atoms with E-state index in [9.17, 15) is 8.78 Å². The Labute approximate surface area is 159 Å². The lowest BCUT2D eigenvalue weighted by Gasteiger charge is -2.16. The molecule has 0 aromatic heterocycles. The Hall–Kier alpha value is -1.97. The standard InChI is InChI=1S/C22H23F2N.ClH/c1-16(20-13-5-10-18-9-2-3-12-21(18)20)25-14-6-8-17-7-4-11-19(15-17)22(23)24;/h2-5,7,9-13,15-16,22,25H,6,8,14H2,1H3;1H. The van der Waals surface area contributed by atoms with Crippen LogP contribution in [0, 0.1) is 0 Å². The van der Waals surface area contributed by atoms with E-state index in [-0.39, 0.29) is 24.0 Å². The predicted octanol–water partition coefficient (Wildman–Crippen LogP) is 6.48.